The van der Waals surface area contributed by atoms with Crippen molar-refractivity contribution < 1.29 is 18.3 Å². The topological polar surface area (TPSA) is 26.3 Å². The number of rotatable bonds is 4. The number of halogens is 3. The van der Waals surface area contributed by atoms with Gasteiger partial charge >= 0.3 is 6.61 Å². The molecule has 2 nitrogen and oxygen atoms in total. The van der Waals surface area contributed by atoms with E-state index in [0.717, 1.165) is 5.56 Å². The highest BCUT2D eigenvalue weighted by Crippen LogP contribution is 2.21. The van der Waals surface area contributed by atoms with Gasteiger partial charge in [0, 0.05) is 5.56 Å². The van der Waals surface area contributed by atoms with Crippen molar-refractivity contribution in [3.05, 3.63) is 29.3 Å². The number of benzene rings is 1. The molecular formula is C11H11BrF2O2. The third-order valence-corrected chi connectivity index (χ3v) is 2.48. The van der Waals surface area contributed by atoms with Gasteiger partial charge in [0.1, 0.15) is 5.75 Å². The Balaban J connectivity index is 3.04. The largest absolute Gasteiger partial charge is 0.435 e. The van der Waals surface area contributed by atoms with Crippen LogP contribution in [0.3, 0.4) is 0 Å². The summed E-state index contributed by atoms with van der Waals surface area (Å²) in [5.41, 5.74) is 1.13. The smallest absolute Gasteiger partial charge is 0.387 e. The van der Waals surface area contributed by atoms with Crippen LogP contribution in [-0.2, 0) is 0 Å². The first-order valence-electron chi connectivity index (χ1n) is 4.65. The van der Waals surface area contributed by atoms with Gasteiger partial charge in [-0.1, -0.05) is 22.0 Å². The maximum Gasteiger partial charge on any atom is 0.387 e. The molecule has 5 heteroatoms. The summed E-state index contributed by atoms with van der Waals surface area (Å²) in [6.45, 7) is 0.545. The van der Waals surface area contributed by atoms with E-state index in [-0.39, 0.29) is 16.4 Å². The summed E-state index contributed by atoms with van der Waals surface area (Å²) in [6, 6.07) is 4.33. The summed E-state index contributed by atoms with van der Waals surface area (Å²) < 4.78 is 28.2. The molecular weight excluding hydrogens is 282 g/mol. The molecule has 0 spiro atoms. The predicted octanol–water partition coefficient (Wildman–Crippen LogP) is 3.56. The van der Waals surface area contributed by atoms with Gasteiger partial charge in [0.15, 0.2) is 5.78 Å². The fourth-order valence-electron chi connectivity index (χ4n) is 1.26. The van der Waals surface area contributed by atoms with E-state index < -0.39 is 6.61 Å². The average molecular weight is 293 g/mol. The minimum atomic E-state index is -2.88. The van der Waals surface area contributed by atoms with Crippen LogP contribution >= 0.6 is 15.9 Å². The summed E-state index contributed by atoms with van der Waals surface area (Å²) >= 11 is 3.15. The number of ketones is 1. The lowest BCUT2D eigenvalue weighted by Gasteiger charge is -2.10. The molecule has 0 fully saturated rings. The van der Waals surface area contributed by atoms with Gasteiger partial charge in [-0.3, -0.25) is 4.79 Å². The monoisotopic (exact) mass is 292 g/mol. The molecule has 88 valence electrons. The normalized spacial score (nSPS) is 12.6. The molecule has 0 aliphatic heterocycles. The van der Waals surface area contributed by atoms with E-state index in [9.17, 15) is 13.6 Å². The molecule has 0 N–H and O–H groups in total. The molecule has 1 aromatic carbocycles. The molecule has 0 heterocycles. The number of hydrogen-bond donors (Lipinski definition) is 0. The molecule has 0 amide bonds. The van der Waals surface area contributed by atoms with E-state index in [4.69, 9.17) is 0 Å². The van der Waals surface area contributed by atoms with Crippen LogP contribution in [0.1, 0.15) is 22.8 Å². The number of aryl methyl sites for hydroxylation is 1. The summed E-state index contributed by atoms with van der Waals surface area (Å²) in [5, 5.41) is 0. The fraction of sp³-hybridized carbons (Fsp3) is 0.364. The first-order chi connectivity index (χ1) is 7.41. The second-order valence-electron chi connectivity index (χ2n) is 3.34. The van der Waals surface area contributed by atoms with Gasteiger partial charge in [-0.15, -0.1) is 0 Å². The minimum absolute atomic E-state index is 0.00269. The van der Waals surface area contributed by atoms with Crippen molar-refractivity contribution in [3.63, 3.8) is 0 Å². The fourth-order valence-corrected chi connectivity index (χ4v) is 1.50. The van der Waals surface area contributed by atoms with Gasteiger partial charge in [-0.25, -0.2) is 0 Å². The minimum Gasteiger partial charge on any atom is -0.435 e. The maximum absolute atomic E-state index is 12.0. The molecule has 0 radical (unpaired) electrons. The molecule has 0 aromatic heterocycles. The van der Waals surface area contributed by atoms with Crippen LogP contribution in [0.5, 0.6) is 5.75 Å². The molecule has 1 aromatic rings. The molecule has 1 unspecified atom stereocenters. The highest BCUT2D eigenvalue weighted by atomic mass is 79.9. The van der Waals surface area contributed by atoms with E-state index in [1.807, 2.05) is 0 Å². The van der Waals surface area contributed by atoms with Crippen LogP contribution in [0.25, 0.3) is 0 Å². The van der Waals surface area contributed by atoms with Crippen LogP contribution in [0.2, 0.25) is 0 Å². The van der Waals surface area contributed by atoms with Gasteiger partial charge in [0.25, 0.3) is 0 Å². The van der Waals surface area contributed by atoms with E-state index >= 15 is 0 Å². The van der Waals surface area contributed by atoms with Crippen molar-refractivity contribution >= 4 is 21.7 Å². The lowest BCUT2D eigenvalue weighted by molar-refractivity contribution is -0.0498. The second-order valence-corrected chi connectivity index (χ2v) is 4.71. The van der Waals surface area contributed by atoms with Gasteiger partial charge < -0.3 is 4.74 Å². The van der Waals surface area contributed by atoms with E-state index in [1.165, 1.54) is 12.1 Å². The summed E-state index contributed by atoms with van der Waals surface area (Å²) in [6.07, 6.45) is 0. The van der Waals surface area contributed by atoms with Crippen molar-refractivity contribution in [1.29, 1.82) is 0 Å². The van der Waals surface area contributed by atoms with Crippen molar-refractivity contribution in [2.24, 2.45) is 0 Å². The van der Waals surface area contributed by atoms with Crippen molar-refractivity contribution in [1.82, 2.24) is 0 Å². The van der Waals surface area contributed by atoms with Crippen LogP contribution in [0.4, 0.5) is 8.78 Å². The zero-order valence-electron chi connectivity index (χ0n) is 8.84. The highest BCUT2D eigenvalue weighted by molar-refractivity contribution is 9.10. The Hall–Kier alpha value is -0.970. The van der Waals surface area contributed by atoms with Crippen molar-refractivity contribution in [3.8, 4) is 5.75 Å². The summed E-state index contributed by atoms with van der Waals surface area (Å²) in [7, 11) is 0. The Morgan fingerprint density at radius 1 is 1.44 bits per heavy atom. The first-order valence-corrected chi connectivity index (χ1v) is 5.57. The highest BCUT2D eigenvalue weighted by Gasteiger charge is 2.16. The lowest BCUT2D eigenvalue weighted by atomic mass is 10.0. The van der Waals surface area contributed by atoms with Crippen LogP contribution < -0.4 is 4.74 Å². The molecule has 0 bridgehead atoms. The Labute approximate surface area is 101 Å². The molecule has 1 atom stereocenters. The third-order valence-electron chi connectivity index (χ3n) is 2.06. The molecule has 1 rings (SSSR count). The number of carbonyl (C=O) groups excluding carboxylic acids is 1. The van der Waals surface area contributed by atoms with Gasteiger partial charge in [-0.2, -0.15) is 8.78 Å². The molecule has 0 aliphatic carbocycles. The Morgan fingerprint density at radius 2 is 2.06 bits per heavy atom. The first kappa shape index (κ1) is 13.1. The van der Waals surface area contributed by atoms with Gasteiger partial charge in [0.05, 0.1) is 4.83 Å². The van der Waals surface area contributed by atoms with Gasteiger partial charge in [-0.05, 0) is 31.5 Å². The van der Waals surface area contributed by atoms with E-state index in [1.54, 1.807) is 19.9 Å². The summed E-state index contributed by atoms with van der Waals surface area (Å²) in [5.74, 6) is -0.158. The summed E-state index contributed by atoms with van der Waals surface area (Å²) in [4.78, 5) is 11.4. The lowest BCUT2D eigenvalue weighted by Crippen LogP contribution is -2.12. The third kappa shape index (κ3) is 3.27. The zero-order valence-corrected chi connectivity index (χ0v) is 10.4. The second kappa shape index (κ2) is 5.39. The molecule has 0 saturated heterocycles. The Kier molecular flexibility index (Phi) is 4.41. The number of hydrogen-bond acceptors (Lipinski definition) is 2. The average Bonchev–Trinajstić information content (AvgIpc) is 2.19. The van der Waals surface area contributed by atoms with Crippen LogP contribution in [0.15, 0.2) is 18.2 Å². The molecule has 16 heavy (non-hydrogen) atoms. The number of Topliss-reactive ketones (excluding diaryl/α,β-unsaturated/α-hetero) is 1. The van der Waals surface area contributed by atoms with E-state index in [2.05, 4.69) is 20.7 Å². The number of alkyl halides is 3. The number of carbonyl (C=O) groups is 1. The Bertz CT molecular complexity index is 392. The quantitative estimate of drug-likeness (QED) is 0.626. The van der Waals surface area contributed by atoms with Crippen molar-refractivity contribution in [2.45, 2.75) is 25.3 Å². The molecule has 0 aliphatic rings. The van der Waals surface area contributed by atoms with Crippen LogP contribution in [0, 0.1) is 6.92 Å². The Morgan fingerprint density at radius 3 is 2.56 bits per heavy atom. The van der Waals surface area contributed by atoms with Crippen LogP contribution in [-0.4, -0.2) is 17.2 Å². The van der Waals surface area contributed by atoms with Crippen molar-refractivity contribution in [2.75, 3.05) is 0 Å². The maximum atomic E-state index is 12.0. The number of ether oxygens (including phenoxy) is 1. The molecule has 0 saturated carbocycles. The standard InChI is InChI=1S/C11H11BrF2O2/c1-6-3-4-8(16-11(13)14)5-9(6)10(15)7(2)12/h3-5,7,11H,1-2H3. The zero-order chi connectivity index (χ0) is 12.3. The predicted molar refractivity (Wildman–Crippen MR) is 60.5 cm³/mol. The SMILES string of the molecule is Cc1ccc(OC(F)F)cc1C(=O)C(C)Br. The van der Waals surface area contributed by atoms with E-state index in [0.29, 0.717) is 5.56 Å². The van der Waals surface area contributed by atoms with Gasteiger partial charge in [0.2, 0.25) is 0 Å².